The molecular formula is C9H12NNaO2. The first-order valence-corrected chi connectivity index (χ1v) is 3.68. The topological polar surface area (TPSA) is 38.3 Å². The van der Waals surface area contributed by atoms with Gasteiger partial charge in [-0.1, -0.05) is 12.1 Å². The van der Waals surface area contributed by atoms with Crippen LogP contribution >= 0.6 is 0 Å². The third-order valence-electron chi connectivity index (χ3n) is 1.40. The van der Waals surface area contributed by atoms with Crippen LogP contribution in [0.2, 0.25) is 0 Å². The molecule has 13 heavy (non-hydrogen) atoms. The van der Waals surface area contributed by atoms with Crippen LogP contribution in [-0.2, 0) is 0 Å². The molecule has 1 aromatic rings. The van der Waals surface area contributed by atoms with E-state index < -0.39 is 6.09 Å². The molecule has 0 fully saturated rings. The molecule has 0 unspecified atom stereocenters. The first-order chi connectivity index (χ1) is 5.72. The number of hydrogen-bond donors (Lipinski definition) is 1. The van der Waals surface area contributed by atoms with Crippen molar-refractivity contribution in [3.8, 4) is 5.75 Å². The van der Waals surface area contributed by atoms with Crippen molar-refractivity contribution in [2.45, 2.75) is 6.92 Å². The number of benzene rings is 1. The first kappa shape index (κ1) is 12.5. The SMILES string of the molecule is CNC(=O)Oc1cccc(C)c1.[NaH]. The number of amides is 1. The molecule has 1 amide bonds. The molecule has 1 N–H and O–H groups in total. The van der Waals surface area contributed by atoms with Gasteiger partial charge in [0.15, 0.2) is 0 Å². The Kier molecular flexibility index (Phi) is 5.79. The van der Waals surface area contributed by atoms with Gasteiger partial charge in [0.2, 0.25) is 0 Å². The Morgan fingerprint density at radius 3 is 2.69 bits per heavy atom. The Morgan fingerprint density at radius 2 is 2.15 bits per heavy atom. The molecular weight excluding hydrogens is 177 g/mol. The van der Waals surface area contributed by atoms with Crippen molar-refractivity contribution in [2.75, 3.05) is 7.05 Å². The quantitative estimate of drug-likeness (QED) is 0.671. The van der Waals surface area contributed by atoms with Crippen molar-refractivity contribution < 1.29 is 9.53 Å². The van der Waals surface area contributed by atoms with Crippen molar-refractivity contribution in [3.05, 3.63) is 29.8 Å². The van der Waals surface area contributed by atoms with Gasteiger partial charge in [-0.05, 0) is 24.6 Å². The number of rotatable bonds is 1. The van der Waals surface area contributed by atoms with E-state index in [4.69, 9.17) is 4.74 Å². The van der Waals surface area contributed by atoms with Crippen LogP contribution in [0.3, 0.4) is 0 Å². The summed E-state index contributed by atoms with van der Waals surface area (Å²) in [6.07, 6.45) is -0.444. The van der Waals surface area contributed by atoms with Crippen LogP contribution in [0.4, 0.5) is 4.79 Å². The zero-order valence-electron chi connectivity index (χ0n) is 7.13. The summed E-state index contributed by atoms with van der Waals surface area (Å²) in [6.45, 7) is 1.94. The normalized spacial score (nSPS) is 8.46. The molecule has 0 bridgehead atoms. The second-order valence-electron chi connectivity index (χ2n) is 2.46. The fourth-order valence-corrected chi connectivity index (χ4v) is 0.837. The average Bonchev–Trinajstić information content (AvgIpc) is 2.04. The molecule has 4 heteroatoms. The minimum atomic E-state index is -0.444. The molecule has 0 heterocycles. The molecule has 0 atom stereocenters. The number of hydrogen-bond acceptors (Lipinski definition) is 2. The van der Waals surface area contributed by atoms with Gasteiger partial charge in [-0.2, -0.15) is 0 Å². The van der Waals surface area contributed by atoms with Crippen LogP contribution in [0.5, 0.6) is 5.75 Å². The zero-order chi connectivity index (χ0) is 8.97. The molecule has 66 valence electrons. The molecule has 0 aliphatic heterocycles. The zero-order valence-corrected chi connectivity index (χ0v) is 7.13. The van der Waals surface area contributed by atoms with E-state index >= 15 is 0 Å². The summed E-state index contributed by atoms with van der Waals surface area (Å²) in [6, 6.07) is 7.32. The molecule has 0 saturated heterocycles. The molecule has 0 spiro atoms. The van der Waals surface area contributed by atoms with Crippen molar-refractivity contribution in [3.63, 3.8) is 0 Å². The number of carbonyl (C=O) groups is 1. The van der Waals surface area contributed by atoms with E-state index in [0.717, 1.165) is 5.56 Å². The van der Waals surface area contributed by atoms with Gasteiger partial charge in [0.1, 0.15) is 5.75 Å². The van der Waals surface area contributed by atoms with Gasteiger partial charge in [-0.25, -0.2) is 4.79 Å². The van der Waals surface area contributed by atoms with E-state index in [9.17, 15) is 4.79 Å². The Balaban J connectivity index is 0.00000144. The van der Waals surface area contributed by atoms with Crippen LogP contribution in [0.15, 0.2) is 24.3 Å². The molecule has 0 radical (unpaired) electrons. The summed E-state index contributed by atoms with van der Waals surface area (Å²) in [5.74, 6) is 0.564. The molecule has 0 aliphatic rings. The van der Waals surface area contributed by atoms with E-state index in [-0.39, 0.29) is 29.6 Å². The van der Waals surface area contributed by atoms with Crippen LogP contribution in [0, 0.1) is 6.92 Å². The maximum atomic E-state index is 10.8. The second-order valence-corrected chi connectivity index (χ2v) is 2.46. The molecule has 0 aliphatic carbocycles. The molecule has 1 rings (SSSR count). The summed E-state index contributed by atoms with van der Waals surface area (Å²) in [5, 5.41) is 2.37. The van der Waals surface area contributed by atoms with E-state index in [0.29, 0.717) is 5.75 Å². The monoisotopic (exact) mass is 189 g/mol. The van der Waals surface area contributed by atoms with Gasteiger partial charge < -0.3 is 10.1 Å². The minimum absolute atomic E-state index is 0. The first-order valence-electron chi connectivity index (χ1n) is 3.68. The van der Waals surface area contributed by atoms with Gasteiger partial charge in [0.05, 0.1) is 0 Å². The van der Waals surface area contributed by atoms with Crippen LogP contribution in [0.1, 0.15) is 5.56 Å². The van der Waals surface area contributed by atoms with Gasteiger partial charge in [0.25, 0.3) is 0 Å². The van der Waals surface area contributed by atoms with Gasteiger partial charge >= 0.3 is 35.7 Å². The van der Waals surface area contributed by atoms with Crippen LogP contribution in [-0.4, -0.2) is 42.7 Å². The van der Waals surface area contributed by atoms with E-state index in [1.54, 1.807) is 12.1 Å². The predicted octanol–water partition coefficient (Wildman–Crippen LogP) is 1.06. The van der Waals surface area contributed by atoms with E-state index in [2.05, 4.69) is 5.32 Å². The van der Waals surface area contributed by atoms with Crippen molar-refractivity contribution >= 4 is 35.7 Å². The Labute approximate surface area is 99.8 Å². The van der Waals surface area contributed by atoms with Crippen LogP contribution in [0.25, 0.3) is 0 Å². The molecule has 1 aromatic carbocycles. The summed E-state index contributed by atoms with van der Waals surface area (Å²) in [5.41, 5.74) is 1.07. The Morgan fingerprint density at radius 1 is 1.46 bits per heavy atom. The summed E-state index contributed by atoms with van der Waals surface area (Å²) < 4.78 is 4.89. The van der Waals surface area contributed by atoms with E-state index in [1.807, 2.05) is 19.1 Å². The summed E-state index contributed by atoms with van der Waals surface area (Å²) >= 11 is 0. The van der Waals surface area contributed by atoms with Crippen molar-refractivity contribution in [2.24, 2.45) is 0 Å². The van der Waals surface area contributed by atoms with Gasteiger partial charge in [-0.3, -0.25) is 0 Å². The molecule has 0 aromatic heterocycles. The average molecular weight is 189 g/mol. The standard InChI is InChI=1S/C9H11NO2.Na.H/c1-7-4-3-5-8(6-7)12-9(11)10-2;;/h3-6H,1-2H3,(H,10,11);;. The second kappa shape index (κ2) is 6.02. The van der Waals surface area contributed by atoms with Crippen molar-refractivity contribution in [1.82, 2.24) is 5.32 Å². The number of carbonyl (C=O) groups excluding carboxylic acids is 1. The fourth-order valence-electron chi connectivity index (χ4n) is 0.837. The number of ether oxygens (including phenoxy) is 1. The third-order valence-corrected chi connectivity index (χ3v) is 1.40. The van der Waals surface area contributed by atoms with E-state index in [1.165, 1.54) is 7.05 Å². The van der Waals surface area contributed by atoms with Gasteiger partial charge in [-0.15, -0.1) is 0 Å². The number of nitrogens with one attached hydrogen (secondary N) is 1. The number of aryl methyl sites for hydroxylation is 1. The van der Waals surface area contributed by atoms with Crippen molar-refractivity contribution in [1.29, 1.82) is 0 Å². The molecule has 0 saturated carbocycles. The van der Waals surface area contributed by atoms with Gasteiger partial charge in [0, 0.05) is 7.05 Å². The molecule has 3 nitrogen and oxygen atoms in total. The Bertz CT molecular complexity index is 289. The van der Waals surface area contributed by atoms with Crippen LogP contribution < -0.4 is 10.1 Å². The third kappa shape index (κ3) is 4.31. The summed E-state index contributed by atoms with van der Waals surface area (Å²) in [4.78, 5) is 10.8. The fraction of sp³-hybridized carbons (Fsp3) is 0.222. The predicted molar refractivity (Wildman–Crippen MR) is 53.4 cm³/mol. The Hall–Kier alpha value is -0.510. The maximum absolute atomic E-state index is 10.8. The summed E-state index contributed by atoms with van der Waals surface area (Å²) in [7, 11) is 1.53.